The van der Waals surface area contributed by atoms with E-state index in [-0.39, 0.29) is 18.4 Å². The second-order valence-electron chi connectivity index (χ2n) is 5.47. The Balaban J connectivity index is 2.49. The number of carboxylic acid groups (broad SMARTS) is 1. The Kier molecular flexibility index (Phi) is 4.12. The first kappa shape index (κ1) is 14.6. The monoisotopic (exact) mass is 275 g/mol. The first-order chi connectivity index (χ1) is 9.47. The van der Waals surface area contributed by atoms with Gasteiger partial charge >= 0.3 is 5.97 Å². The van der Waals surface area contributed by atoms with E-state index in [9.17, 15) is 14.7 Å². The maximum atomic E-state index is 12.1. The molecule has 1 fully saturated rings. The molecule has 0 aliphatic carbocycles. The van der Waals surface area contributed by atoms with Crippen molar-refractivity contribution in [3.05, 3.63) is 34.9 Å². The van der Waals surface area contributed by atoms with Crippen molar-refractivity contribution in [3.63, 3.8) is 0 Å². The van der Waals surface area contributed by atoms with E-state index < -0.39 is 11.9 Å². The lowest BCUT2D eigenvalue weighted by Gasteiger charge is -2.28. The second-order valence-corrected chi connectivity index (χ2v) is 5.47. The first-order valence-electron chi connectivity index (χ1n) is 7.05. The molecule has 2 rings (SSSR count). The molecule has 0 saturated carbocycles. The number of carbonyl (C=O) groups excluding carboxylic acids is 1. The Morgan fingerprint density at radius 3 is 2.70 bits per heavy atom. The molecule has 1 N–H and O–H groups in total. The van der Waals surface area contributed by atoms with Crippen molar-refractivity contribution in [1.82, 2.24) is 4.90 Å². The number of carboxylic acids is 1. The number of hydrogen-bond acceptors (Lipinski definition) is 2. The normalized spacial score (nSPS) is 22.4. The van der Waals surface area contributed by atoms with Crippen LogP contribution in [0, 0.1) is 19.8 Å². The summed E-state index contributed by atoms with van der Waals surface area (Å²) in [5.74, 6) is -1.58. The van der Waals surface area contributed by atoms with Gasteiger partial charge in [0.15, 0.2) is 0 Å². The third kappa shape index (κ3) is 2.42. The molecular weight excluding hydrogens is 254 g/mol. The molecule has 1 aromatic carbocycles. The molecule has 20 heavy (non-hydrogen) atoms. The predicted octanol–water partition coefficient (Wildman–Crippen LogP) is 2.69. The molecule has 1 aliphatic rings. The van der Waals surface area contributed by atoms with Crippen molar-refractivity contribution in [1.29, 1.82) is 0 Å². The Morgan fingerprint density at radius 1 is 1.40 bits per heavy atom. The van der Waals surface area contributed by atoms with Gasteiger partial charge < -0.3 is 10.0 Å². The summed E-state index contributed by atoms with van der Waals surface area (Å²) in [6.07, 6.45) is 0.937. The Hall–Kier alpha value is -1.84. The highest BCUT2D eigenvalue weighted by atomic mass is 16.4. The summed E-state index contributed by atoms with van der Waals surface area (Å²) in [7, 11) is 0. The number of benzene rings is 1. The lowest BCUT2D eigenvalue weighted by molar-refractivity contribution is -0.142. The largest absolute Gasteiger partial charge is 0.481 e. The molecule has 1 heterocycles. The second kappa shape index (κ2) is 5.65. The summed E-state index contributed by atoms with van der Waals surface area (Å²) >= 11 is 0. The van der Waals surface area contributed by atoms with Crippen molar-refractivity contribution in [2.75, 3.05) is 6.54 Å². The van der Waals surface area contributed by atoms with Crippen molar-refractivity contribution in [2.24, 2.45) is 5.92 Å². The van der Waals surface area contributed by atoms with Crippen LogP contribution in [-0.2, 0) is 9.59 Å². The molecule has 0 radical (unpaired) electrons. The van der Waals surface area contributed by atoms with Gasteiger partial charge in [-0.1, -0.05) is 25.1 Å². The third-order valence-corrected chi connectivity index (χ3v) is 4.18. The summed E-state index contributed by atoms with van der Waals surface area (Å²) in [4.78, 5) is 25.4. The molecule has 1 aliphatic heterocycles. The minimum atomic E-state index is -0.886. The van der Waals surface area contributed by atoms with Crippen LogP contribution in [0.25, 0.3) is 0 Å². The SMILES string of the molecule is CCCN1C(=O)CC(C(=O)O)C1c1cccc(C)c1C. The number of carbonyl (C=O) groups is 2. The van der Waals surface area contributed by atoms with E-state index in [4.69, 9.17) is 0 Å². The maximum absolute atomic E-state index is 12.1. The minimum Gasteiger partial charge on any atom is -0.481 e. The number of rotatable bonds is 4. The Morgan fingerprint density at radius 2 is 2.10 bits per heavy atom. The predicted molar refractivity (Wildman–Crippen MR) is 76.4 cm³/mol. The molecule has 1 amide bonds. The van der Waals surface area contributed by atoms with Crippen LogP contribution >= 0.6 is 0 Å². The van der Waals surface area contributed by atoms with Gasteiger partial charge in [0.1, 0.15) is 0 Å². The topological polar surface area (TPSA) is 57.6 Å². The standard InChI is InChI=1S/C16H21NO3/c1-4-8-17-14(18)9-13(16(19)20)15(17)12-7-5-6-10(2)11(12)3/h5-7,13,15H,4,8-9H2,1-3H3,(H,19,20). The molecule has 4 nitrogen and oxygen atoms in total. The number of aliphatic carboxylic acids is 1. The molecule has 0 bridgehead atoms. The van der Waals surface area contributed by atoms with Crippen molar-refractivity contribution in [2.45, 2.75) is 39.7 Å². The fraction of sp³-hybridized carbons (Fsp3) is 0.500. The van der Waals surface area contributed by atoms with E-state index in [0.29, 0.717) is 6.54 Å². The van der Waals surface area contributed by atoms with E-state index in [1.807, 2.05) is 39.0 Å². The van der Waals surface area contributed by atoms with Gasteiger partial charge in [0.25, 0.3) is 0 Å². The van der Waals surface area contributed by atoms with Crippen molar-refractivity contribution >= 4 is 11.9 Å². The van der Waals surface area contributed by atoms with Gasteiger partial charge in [-0.15, -0.1) is 0 Å². The quantitative estimate of drug-likeness (QED) is 0.919. The third-order valence-electron chi connectivity index (χ3n) is 4.18. The van der Waals surface area contributed by atoms with Gasteiger partial charge in [0, 0.05) is 13.0 Å². The number of hydrogen-bond donors (Lipinski definition) is 1. The molecule has 0 aromatic heterocycles. The van der Waals surface area contributed by atoms with Crippen LogP contribution in [0.4, 0.5) is 0 Å². The van der Waals surface area contributed by atoms with E-state index in [1.165, 1.54) is 0 Å². The summed E-state index contributed by atoms with van der Waals surface area (Å²) in [6.45, 7) is 6.62. The van der Waals surface area contributed by atoms with Crippen LogP contribution in [0.5, 0.6) is 0 Å². The zero-order valence-electron chi connectivity index (χ0n) is 12.2. The molecule has 4 heteroatoms. The average molecular weight is 275 g/mol. The zero-order chi connectivity index (χ0) is 14.9. The smallest absolute Gasteiger partial charge is 0.309 e. The summed E-state index contributed by atoms with van der Waals surface area (Å²) in [5, 5.41) is 9.43. The van der Waals surface area contributed by atoms with Crippen molar-refractivity contribution in [3.8, 4) is 0 Å². The number of amides is 1. The lowest BCUT2D eigenvalue weighted by Crippen LogP contribution is -2.31. The highest BCUT2D eigenvalue weighted by Gasteiger charge is 2.44. The van der Waals surface area contributed by atoms with E-state index in [2.05, 4.69) is 0 Å². The fourth-order valence-corrected chi connectivity index (χ4v) is 3.00. The van der Waals surface area contributed by atoms with Crippen LogP contribution in [0.1, 0.15) is 42.5 Å². The maximum Gasteiger partial charge on any atom is 0.309 e. The summed E-state index contributed by atoms with van der Waals surface area (Å²) in [6, 6.07) is 5.56. The highest BCUT2D eigenvalue weighted by molar-refractivity contribution is 5.87. The number of nitrogens with zero attached hydrogens (tertiary/aromatic N) is 1. The van der Waals surface area contributed by atoms with E-state index in [1.54, 1.807) is 4.90 Å². The Labute approximate surface area is 119 Å². The van der Waals surface area contributed by atoms with Crippen LogP contribution in [0.15, 0.2) is 18.2 Å². The first-order valence-corrected chi connectivity index (χ1v) is 7.05. The van der Waals surface area contributed by atoms with E-state index in [0.717, 1.165) is 23.1 Å². The molecule has 1 saturated heterocycles. The zero-order valence-corrected chi connectivity index (χ0v) is 12.2. The molecule has 1 aromatic rings. The summed E-state index contributed by atoms with van der Waals surface area (Å²) in [5.41, 5.74) is 3.18. The highest BCUT2D eigenvalue weighted by Crippen LogP contribution is 2.40. The number of aryl methyl sites for hydroxylation is 1. The van der Waals surface area contributed by atoms with Gasteiger partial charge in [-0.2, -0.15) is 0 Å². The van der Waals surface area contributed by atoms with E-state index >= 15 is 0 Å². The fourth-order valence-electron chi connectivity index (χ4n) is 3.00. The van der Waals surface area contributed by atoms with Gasteiger partial charge in [0.05, 0.1) is 12.0 Å². The molecule has 0 spiro atoms. The van der Waals surface area contributed by atoms with Gasteiger partial charge in [-0.25, -0.2) is 0 Å². The average Bonchev–Trinajstić information content (AvgIpc) is 2.71. The van der Waals surface area contributed by atoms with Crippen LogP contribution in [-0.4, -0.2) is 28.4 Å². The summed E-state index contributed by atoms with van der Waals surface area (Å²) < 4.78 is 0. The lowest BCUT2D eigenvalue weighted by atomic mass is 9.89. The van der Waals surface area contributed by atoms with Gasteiger partial charge in [0.2, 0.25) is 5.91 Å². The van der Waals surface area contributed by atoms with Crippen molar-refractivity contribution < 1.29 is 14.7 Å². The minimum absolute atomic E-state index is 0.0508. The molecule has 108 valence electrons. The van der Waals surface area contributed by atoms with Gasteiger partial charge in [-0.05, 0) is 37.0 Å². The van der Waals surface area contributed by atoms with Crippen LogP contribution < -0.4 is 0 Å². The van der Waals surface area contributed by atoms with Crippen LogP contribution in [0.3, 0.4) is 0 Å². The van der Waals surface area contributed by atoms with Crippen LogP contribution in [0.2, 0.25) is 0 Å². The molecule has 2 atom stereocenters. The Bertz CT molecular complexity index is 539. The molecular formula is C16H21NO3. The number of likely N-dealkylation sites (tertiary alicyclic amines) is 1. The molecule has 2 unspecified atom stereocenters. The van der Waals surface area contributed by atoms with Gasteiger partial charge in [-0.3, -0.25) is 9.59 Å².